The van der Waals surface area contributed by atoms with Crippen LogP contribution in [0.4, 0.5) is 0 Å². The summed E-state index contributed by atoms with van der Waals surface area (Å²) in [6.45, 7) is 7.06. The highest BCUT2D eigenvalue weighted by Crippen LogP contribution is 2.33. The van der Waals surface area contributed by atoms with E-state index in [2.05, 4.69) is 38.2 Å². The molecule has 3 nitrogen and oxygen atoms in total. The molecule has 2 aromatic carbocycles. The van der Waals surface area contributed by atoms with E-state index in [9.17, 15) is 4.79 Å². The van der Waals surface area contributed by atoms with E-state index in [-0.39, 0.29) is 17.4 Å². The third kappa shape index (κ3) is 3.57. The third-order valence-electron chi connectivity index (χ3n) is 4.28. The highest BCUT2D eigenvalue weighted by molar-refractivity contribution is 6.33. The minimum absolute atomic E-state index is 0.0401. The summed E-state index contributed by atoms with van der Waals surface area (Å²) < 4.78 is 5.94. The summed E-state index contributed by atoms with van der Waals surface area (Å²) in [6.07, 6.45) is 0.767. The molecule has 1 aliphatic heterocycles. The second-order valence-corrected chi connectivity index (χ2v) is 7.61. The number of hydrogen-bond acceptors (Lipinski definition) is 2. The number of carbonyl (C=O) groups excluding carboxylic acids is 1. The summed E-state index contributed by atoms with van der Waals surface area (Å²) in [5.41, 5.74) is 3.11. The molecule has 0 spiro atoms. The number of halogens is 1. The maximum absolute atomic E-state index is 12.2. The Morgan fingerprint density at radius 2 is 2.00 bits per heavy atom. The predicted molar refractivity (Wildman–Crippen MR) is 97.0 cm³/mol. The molecule has 24 heavy (non-hydrogen) atoms. The normalized spacial score (nSPS) is 16.4. The maximum atomic E-state index is 12.2. The van der Waals surface area contributed by atoms with Gasteiger partial charge in [-0.15, -0.1) is 0 Å². The number of hydrogen-bond donors (Lipinski definition) is 1. The molecule has 0 aromatic heterocycles. The van der Waals surface area contributed by atoms with Crippen LogP contribution in [0, 0.1) is 0 Å². The number of nitrogens with one attached hydrogen (secondary N) is 1. The van der Waals surface area contributed by atoms with E-state index >= 15 is 0 Å². The van der Waals surface area contributed by atoms with E-state index in [1.807, 2.05) is 12.1 Å². The van der Waals surface area contributed by atoms with Gasteiger partial charge in [0.05, 0.1) is 17.1 Å². The Labute approximate surface area is 148 Å². The van der Waals surface area contributed by atoms with E-state index in [1.165, 1.54) is 11.1 Å². The number of carbonyl (C=O) groups is 1. The molecule has 2 aromatic rings. The Morgan fingerprint density at radius 3 is 2.71 bits per heavy atom. The van der Waals surface area contributed by atoms with Crippen LogP contribution in [0.3, 0.4) is 0 Å². The lowest BCUT2D eigenvalue weighted by atomic mass is 9.86. The lowest BCUT2D eigenvalue weighted by Crippen LogP contribution is -2.34. The molecule has 0 bridgehead atoms. The monoisotopic (exact) mass is 343 g/mol. The topological polar surface area (TPSA) is 38.3 Å². The van der Waals surface area contributed by atoms with Gasteiger partial charge in [-0.05, 0) is 34.7 Å². The average molecular weight is 344 g/mol. The zero-order chi connectivity index (χ0) is 17.3. The molecule has 0 radical (unpaired) electrons. The highest BCUT2D eigenvalue weighted by atomic mass is 35.5. The number of ether oxygens (including phenoxy) is 1. The van der Waals surface area contributed by atoms with Gasteiger partial charge in [-0.25, -0.2) is 0 Å². The molecule has 0 saturated carbocycles. The summed E-state index contributed by atoms with van der Waals surface area (Å²) in [6, 6.07) is 13.4. The molecule has 3 rings (SSSR count). The molecule has 1 amide bonds. The van der Waals surface area contributed by atoms with Crippen LogP contribution in [0.1, 0.15) is 42.3 Å². The molecule has 1 aliphatic rings. The largest absolute Gasteiger partial charge is 0.488 e. The van der Waals surface area contributed by atoms with Crippen LogP contribution in [0.5, 0.6) is 5.75 Å². The van der Waals surface area contributed by atoms with Crippen molar-refractivity contribution in [3.63, 3.8) is 0 Å². The second kappa shape index (κ2) is 6.48. The molecular weight excluding hydrogens is 322 g/mol. The molecule has 0 unspecified atom stereocenters. The molecule has 0 aliphatic carbocycles. The Morgan fingerprint density at radius 1 is 1.25 bits per heavy atom. The van der Waals surface area contributed by atoms with Gasteiger partial charge in [0, 0.05) is 6.42 Å². The fraction of sp³-hybridized carbons (Fsp3) is 0.350. The van der Waals surface area contributed by atoms with Gasteiger partial charge in [0.1, 0.15) is 11.9 Å². The zero-order valence-corrected chi connectivity index (χ0v) is 15.0. The Kier molecular flexibility index (Phi) is 4.55. The van der Waals surface area contributed by atoms with Crippen molar-refractivity contribution in [2.75, 3.05) is 6.54 Å². The van der Waals surface area contributed by atoms with Crippen molar-refractivity contribution >= 4 is 17.5 Å². The molecule has 4 heteroatoms. The van der Waals surface area contributed by atoms with E-state index < -0.39 is 0 Å². The number of rotatable bonds is 3. The minimum atomic E-state index is -0.171. The van der Waals surface area contributed by atoms with Gasteiger partial charge in [0.25, 0.3) is 5.91 Å². The third-order valence-corrected chi connectivity index (χ3v) is 4.61. The molecule has 126 valence electrons. The number of amides is 1. The predicted octanol–water partition coefficient (Wildman–Crippen LogP) is 4.37. The maximum Gasteiger partial charge on any atom is 0.252 e. The first-order chi connectivity index (χ1) is 11.3. The van der Waals surface area contributed by atoms with Crippen LogP contribution >= 0.6 is 11.6 Å². The molecule has 0 saturated heterocycles. The summed E-state index contributed by atoms with van der Waals surface area (Å²) in [5, 5.41) is 3.37. The summed E-state index contributed by atoms with van der Waals surface area (Å²) in [4.78, 5) is 12.2. The highest BCUT2D eigenvalue weighted by Gasteiger charge is 2.25. The average Bonchev–Trinajstić information content (AvgIpc) is 2.94. The van der Waals surface area contributed by atoms with Crippen molar-refractivity contribution < 1.29 is 9.53 Å². The Hall–Kier alpha value is -2.00. The van der Waals surface area contributed by atoms with Gasteiger partial charge in [-0.1, -0.05) is 56.6 Å². The van der Waals surface area contributed by atoms with Crippen LogP contribution in [0.15, 0.2) is 42.5 Å². The van der Waals surface area contributed by atoms with Crippen LogP contribution in [0.25, 0.3) is 0 Å². The van der Waals surface area contributed by atoms with Gasteiger partial charge in [-0.2, -0.15) is 0 Å². The molecule has 1 atom stereocenters. The first kappa shape index (κ1) is 16.8. The van der Waals surface area contributed by atoms with Crippen LogP contribution in [-0.4, -0.2) is 18.6 Å². The Bertz CT molecular complexity index is 764. The fourth-order valence-corrected chi connectivity index (χ4v) is 3.07. The minimum Gasteiger partial charge on any atom is -0.488 e. The molecular formula is C20H22ClNO2. The summed E-state index contributed by atoms with van der Waals surface area (Å²) in [5.74, 6) is 0.746. The van der Waals surface area contributed by atoms with Gasteiger partial charge in [-0.3, -0.25) is 4.79 Å². The van der Waals surface area contributed by atoms with Crippen molar-refractivity contribution in [1.29, 1.82) is 0 Å². The van der Waals surface area contributed by atoms with E-state index in [0.717, 1.165) is 12.2 Å². The standard InChI is InChI=1S/C20H22ClNO2/c1-20(2,3)14-8-9-18-13(10-14)11-15(24-18)12-22-19(23)16-6-4-5-7-17(16)21/h4-10,15H,11-12H2,1-3H3,(H,22,23)/t15-/m1/s1. The van der Waals surface area contributed by atoms with Crippen molar-refractivity contribution in [1.82, 2.24) is 5.32 Å². The lowest BCUT2D eigenvalue weighted by Gasteiger charge is -2.19. The van der Waals surface area contributed by atoms with E-state index in [0.29, 0.717) is 17.1 Å². The van der Waals surface area contributed by atoms with Crippen molar-refractivity contribution in [3.8, 4) is 5.75 Å². The summed E-state index contributed by atoms with van der Waals surface area (Å²) >= 11 is 6.06. The molecule has 1 heterocycles. The second-order valence-electron chi connectivity index (χ2n) is 7.21. The molecule has 0 fully saturated rings. The number of benzene rings is 2. The fourth-order valence-electron chi connectivity index (χ4n) is 2.85. The van der Waals surface area contributed by atoms with E-state index in [1.54, 1.807) is 18.2 Å². The van der Waals surface area contributed by atoms with Gasteiger partial charge < -0.3 is 10.1 Å². The first-order valence-corrected chi connectivity index (χ1v) is 8.55. The van der Waals surface area contributed by atoms with Crippen LogP contribution in [0.2, 0.25) is 5.02 Å². The van der Waals surface area contributed by atoms with Gasteiger partial charge in [0.15, 0.2) is 0 Å². The van der Waals surface area contributed by atoms with Crippen molar-refractivity contribution in [2.45, 2.75) is 38.7 Å². The number of fused-ring (bicyclic) bond motifs is 1. The van der Waals surface area contributed by atoms with E-state index in [4.69, 9.17) is 16.3 Å². The van der Waals surface area contributed by atoms with Gasteiger partial charge in [0.2, 0.25) is 0 Å². The lowest BCUT2D eigenvalue weighted by molar-refractivity contribution is 0.0933. The quantitative estimate of drug-likeness (QED) is 0.898. The smallest absolute Gasteiger partial charge is 0.252 e. The van der Waals surface area contributed by atoms with Crippen molar-refractivity contribution in [3.05, 3.63) is 64.2 Å². The van der Waals surface area contributed by atoms with Crippen LogP contribution < -0.4 is 10.1 Å². The summed E-state index contributed by atoms with van der Waals surface area (Å²) in [7, 11) is 0. The zero-order valence-electron chi connectivity index (χ0n) is 14.2. The SMILES string of the molecule is CC(C)(C)c1ccc2c(c1)C[C@H](CNC(=O)c1ccccc1Cl)O2. The molecule has 1 N–H and O–H groups in total. The first-order valence-electron chi connectivity index (χ1n) is 8.17. The Balaban J connectivity index is 1.62. The van der Waals surface area contributed by atoms with Crippen LogP contribution in [-0.2, 0) is 11.8 Å². The van der Waals surface area contributed by atoms with Crippen molar-refractivity contribution in [2.24, 2.45) is 0 Å². The van der Waals surface area contributed by atoms with Gasteiger partial charge >= 0.3 is 0 Å².